The number of hydrogen-bond donors (Lipinski definition) is 1. The summed E-state index contributed by atoms with van der Waals surface area (Å²) < 4.78 is 10.9. The molecule has 0 amide bonds. The number of carboxylic acid groups (broad SMARTS) is 1. The fraction of sp³-hybridized carbons (Fsp3) is 0.143. The summed E-state index contributed by atoms with van der Waals surface area (Å²) in [5, 5.41) is 11.7. The predicted molar refractivity (Wildman–Crippen MR) is 81.1 cm³/mol. The van der Waals surface area contributed by atoms with Crippen LogP contribution in [0, 0.1) is 0 Å². The maximum atomic E-state index is 10.5. The Morgan fingerprint density at radius 2 is 2.33 bits per heavy atom. The largest absolute Gasteiger partial charge is 0.493 e. The first kappa shape index (κ1) is 15.3. The molecule has 1 aromatic heterocycles. The van der Waals surface area contributed by atoms with Gasteiger partial charge in [0.15, 0.2) is 11.5 Å². The van der Waals surface area contributed by atoms with E-state index in [4.69, 9.17) is 26.2 Å². The number of hydrogen-bond acceptors (Lipinski definition) is 5. The minimum atomic E-state index is -1.03. The molecule has 7 heteroatoms. The van der Waals surface area contributed by atoms with E-state index in [0.717, 1.165) is 11.1 Å². The summed E-state index contributed by atoms with van der Waals surface area (Å²) in [4.78, 5) is 14.6. The zero-order chi connectivity index (χ0) is 15.2. The normalized spacial score (nSPS) is 10.8. The minimum absolute atomic E-state index is 0.290. The molecule has 0 atom stereocenters. The number of methoxy groups -OCH3 is 1. The average Bonchev–Trinajstić information content (AvgIpc) is 2.96. The highest BCUT2D eigenvalue weighted by Gasteiger charge is 2.12. The molecule has 0 fully saturated rings. The van der Waals surface area contributed by atoms with E-state index in [1.807, 2.05) is 5.38 Å². The molecule has 0 bridgehead atoms. The lowest BCUT2D eigenvalue weighted by atomic mass is 10.2. The molecule has 0 radical (unpaired) electrons. The number of carbonyl (C=O) groups is 1. The molecule has 2 aromatic rings. The highest BCUT2D eigenvalue weighted by molar-refractivity contribution is 7.09. The van der Waals surface area contributed by atoms with E-state index in [9.17, 15) is 4.79 Å². The summed E-state index contributed by atoms with van der Waals surface area (Å²) in [5.41, 5.74) is 0.612. The average molecular weight is 326 g/mol. The van der Waals surface area contributed by atoms with E-state index in [1.54, 1.807) is 18.3 Å². The van der Waals surface area contributed by atoms with Gasteiger partial charge in [0.2, 0.25) is 0 Å². The van der Waals surface area contributed by atoms with Gasteiger partial charge in [-0.05, 0) is 23.8 Å². The Morgan fingerprint density at radius 3 is 2.95 bits per heavy atom. The molecule has 0 saturated heterocycles. The van der Waals surface area contributed by atoms with Crippen molar-refractivity contribution in [3.8, 4) is 11.5 Å². The number of rotatable bonds is 6. The van der Waals surface area contributed by atoms with Crippen molar-refractivity contribution in [2.45, 2.75) is 6.61 Å². The molecule has 1 heterocycles. The van der Waals surface area contributed by atoms with E-state index < -0.39 is 5.97 Å². The fourth-order valence-corrected chi connectivity index (χ4v) is 2.40. The summed E-state index contributed by atoms with van der Waals surface area (Å²) >= 11 is 7.64. The van der Waals surface area contributed by atoms with Crippen LogP contribution in [0.1, 0.15) is 10.6 Å². The SMILES string of the molecule is COc1cc(/C=C/C(=O)O)cc(Cl)c1OCc1nccs1. The van der Waals surface area contributed by atoms with E-state index in [1.165, 1.54) is 24.5 Å². The number of nitrogens with zero attached hydrogens (tertiary/aromatic N) is 1. The van der Waals surface area contributed by atoms with Crippen molar-refractivity contribution in [3.63, 3.8) is 0 Å². The molecule has 0 unspecified atom stereocenters. The molecule has 0 aliphatic rings. The Bertz CT molecular complexity index is 655. The summed E-state index contributed by atoms with van der Waals surface area (Å²) in [7, 11) is 1.49. The van der Waals surface area contributed by atoms with Crippen LogP contribution in [0.4, 0.5) is 0 Å². The summed E-state index contributed by atoms with van der Waals surface area (Å²) in [6.07, 6.45) is 4.16. The van der Waals surface area contributed by atoms with Gasteiger partial charge >= 0.3 is 5.97 Å². The zero-order valence-corrected chi connectivity index (χ0v) is 12.6. The van der Waals surface area contributed by atoms with E-state index in [2.05, 4.69) is 4.98 Å². The first-order valence-corrected chi connectivity index (χ1v) is 7.15. The van der Waals surface area contributed by atoms with Crippen LogP contribution in [0.15, 0.2) is 29.8 Å². The first-order chi connectivity index (χ1) is 10.1. The Morgan fingerprint density at radius 1 is 1.52 bits per heavy atom. The van der Waals surface area contributed by atoms with Crippen molar-refractivity contribution in [1.82, 2.24) is 4.98 Å². The van der Waals surface area contributed by atoms with Crippen LogP contribution < -0.4 is 9.47 Å². The molecule has 0 aliphatic heterocycles. The van der Waals surface area contributed by atoms with Gasteiger partial charge in [-0.25, -0.2) is 9.78 Å². The highest BCUT2D eigenvalue weighted by Crippen LogP contribution is 2.37. The van der Waals surface area contributed by atoms with Crippen LogP contribution in [-0.4, -0.2) is 23.2 Å². The number of thiazole rings is 1. The smallest absolute Gasteiger partial charge is 0.328 e. The molecular formula is C14H12ClNO4S. The zero-order valence-electron chi connectivity index (χ0n) is 11.1. The summed E-state index contributed by atoms with van der Waals surface area (Å²) in [6, 6.07) is 3.27. The van der Waals surface area contributed by atoms with Gasteiger partial charge in [-0.15, -0.1) is 11.3 Å². The van der Waals surface area contributed by atoms with Gasteiger partial charge in [0.1, 0.15) is 11.6 Å². The van der Waals surface area contributed by atoms with Crippen LogP contribution in [0.3, 0.4) is 0 Å². The molecule has 5 nitrogen and oxygen atoms in total. The van der Waals surface area contributed by atoms with Gasteiger partial charge in [0.25, 0.3) is 0 Å². The quantitative estimate of drug-likeness (QED) is 0.823. The third kappa shape index (κ3) is 4.21. The van der Waals surface area contributed by atoms with Crippen molar-refractivity contribution >= 4 is 35.0 Å². The summed E-state index contributed by atoms with van der Waals surface area (Å²) in [6.45, 7) is 0.290. The van der Waals surface area contributed by atoms with Gasteiger partial charge in [-0.2, -0.15) is 0 Å². The Balaban J connectivity index is 2.22. The molecular weight excluding hydrogens is 314 g/mol. The molecule has 0 aliphatic carbocycles. The van der Waals surface area contributed by atoms with Crippen molar-refractivity contribution in [1.29, 1.82) is 0 Å². The van der Waals surface area contributed by atoms with Crippen molar-refractivity contribution in [3.05, 3.63) is 45.4 Å². The molecule has 110 valence electrons. The molecule has 2 rings (SSSR count). The summed E-state index contributed by atoms with van der Waals surface area (Å²) in [5.74, 6) is -0.194. The predicted octanol–water partition coefficient (Wildman–Crippen LogP) is 3.48. The molecule has 21 heavy (non-hydrogen) atoms. The molecule has 0 saturated carbocycles. The topological polar surface area (TPSA) is 68.7 Å². The van der Waals surface area contributed by atoms with Crippen LogP contribution in [0.25, 0.3) is 6.08 Å². The van der Waals surface area contributed by atoms with E-state index in [-0.39, 0.29) is 6.61 Å². The Kier molecular flexibility index (Phi) is 5.19. The number of benzene rings is 1. The maximum Gasteiger partial charge on any atom is 0.328 e. The number of halogens is 1. The Labute approximate surface area is 130 Å². The second-order valence-corrected chi connectivity index (χ2v) is 5.31. The number of ether oxygens (including phenoxy) is 2. The lowest BCUT2D eigenvalue weighted by Gasteiger charge is -2.12. The monoisotopic (exact) mass is 325 g/mol. The molecule has 1 N–H and O–H groups in total. The fourth-order valence-electron chi connectivity index (χ4n) is 1.60. The van der Waals surface area contributed by atoms with Crippen molar-refractivity contribution < 1.29 is 19.4 Å². The molecule has 0 spiro atoms. The van der Waals surface area contributed by atoms with E-state index in [0.29, 0.717) is 22.1 Å². The number of aliphatic carboxylic acids is 1. The van der Waals surface area contributed by atoms with Crippen LogP contribution in [-0.2, 0) is 11.4 Å². The highest BCUT2D eigenvalue weighted by atomic mass is 35.5. The standard InChI is InChI=1S/C14H12ClNO4S/c1-19-11-7-9(2-3-13(17)18)6-10(15)14(11)20-8-12-16-4-5-21-12/h2-7H,8H2,1H3,(H,17,18)/b3-2+. The second kappa shape index (κ2) is 7.10. The van der Waals surface area contributed by atoms with Crippen molar-refractivity contribution in [2.24, 2.45) is 0 Å². The third-order valence-corrected chi connectivity index (χ3v) is 3.53. The lowest BCUT2D eigenvalue weighted by molar-refractivity contribution is -0.131. The first-order valence-electron chi connectivity index (χ1n) is 5.90. The Hall–Kier alpha value is -2.05. The van der Waals surface area contributed by atoms with Gasteiger partial charge in [-0.1, -0.05) is 11.6 Å². The van der Waals surface area contributed by atoms with Crippen LogP contribution in [0.5, 0.6) is 11.5 Å². The second-order valence-electron chi connectivity index (χ2n) is 3.92. The van der Waals surface area contributed by atoms with Gasteiger partial charge in [0.05, 0.1) is 12.1 Å². The minimum Gasteiger partial charge on any atom is -0.493 e. The van der Waals surface area contributed by atoms with Gasteiger partial charge in [-0.3, -0.25) is 0 Å². The third-order valence-electron chi connectivity index (χ3n) is 2.49. The molecule has 1 aromatic carbocycles. The van der Waals surface area contributed by atoms with Crippen LogP contribution in [0.2, 0.25) is 5.02 Å². The lowest BCUT2D eigenvalue weighted by Crippen LogP contribution is -1.98. The van der Waals surface area contributed by atoms with E-state index >= 15 is 0 Å². The van der Waals surface area contributed by atoms with Gasteiger partial charge in [0, 0.05) is 17.7 Å². The van der Waals surface area contributed by atoms with Crippen molar-refractivity contribution in [2.75, 3.05) is 7.11 Å². The number of aromatic nitrogens is 1. The maximum absolute atomic E-state index is 10.5. The van der Waals surface area contributed by atoms with Gasteiger partial charge < -0.3 is 14.6 Å². The van der Waals surface area contributed by atoms with Crippen LogP contribution >= 0.6 is 22.9 Å². The number of carboxylic acids is 1.